The van der Waals surface area contributed by atoms with Crippen LogP contribution in [0.5, 0.6) is 0 Å². The minimum atomic E-state index is -0.767. The number of rotatable bonds is 1. The molecule has 0 atom stereocenters. The molecule has 0 N–H and O–H groups in total. The molecule has 1 saturated heterocycles. The molecule has 2 rings (SSSR count). The third-order valence-electron chi connectivity index (χ3n) is 4.35. The fourth-order valence-electron chi connectivity index (χ4n) is 2.20. The number of hydrogen-bond acceptors (Lipinski definition) is 3. The quantitative estimate of drug-likeness (QED) is 0.710. The molecule has 0 amide bonds. The summed E-state index contributed by atoms with van der Waals surface area (Å²) in [7, 11) is 1.90. The van der Waals surface area contributed by atoms with Crippen molar-refractivity contribution in [1.82, 2.24) is 10.1 Å². The highest BCUT2D eigenvalue weighted by Crippen LogP contribution is 2.47. The van der Waals surface area contributed by atoms with Gasteiger partial charge in [0.15, 0.2) is 12.4 Å². The molecule has 1 aromatic rings. The summed E-state index contributed by atoms with van der Waals surface area (Å²) in [6.45, 7) is 7.25. The molecule has 0 aromatic carbocycles. The Morgan fingerprint density at radius 1 is 1.17 bits per heavy atom. The van der Waals surface area contributed by atoms with Crippen molar-refractivity contribution >= 4 is 0 Å². The third-order valence-corrected chi connectivity index (χ3v) is 4.35. The van der Waals surface area contributed by atoms with Crippen LogP contribution in [-0.4, -0.2) is 21.2 Å². The van der Waals surface area contributed by atoms with Gasteiger partial charge >= 0.3 is 0 Å². The van der Waals surface area contributed by atoms with E-state index < -0.39 is 17.2 Å². The van der Waals surface area contributed by atoms with Gasteiger partial charge in [-0.05, 0) is 33.3 Å². The highest BCUT2D eigenvalue weighted by atomic mass is 16.6. The number of aryl methyl sites for hydroxylation is 1. The molecule has 1 aromatic heterocycles. The van der Waals surface area contributed by atoms with Crippen LogP contribution >= 0.6 is 0 Å². The largest absolute Gasteiger partial charge is 0.783 e. The minimum absolute atomic E-state index is 0.725. The first kappa shape index (κ1) is 13.4. The molecule has 0 bridgehead atoms. The normalized spacial score (nSPS) is 27.6. The van der Waals surface area contributed by atoms with Crippen molar-refractivity contribution < 1.29 is 9.77 Å². The van der Waals surface area contributed by atoms with Crippen molar-refractivity contribution in [1.29, 1.82) is 0 Å². The lowest BCUT2D eigenvalue weighted by molar-refractivity contribution is -0.671. The maximum Gasteiger partial charge on any atom is 0.168 e. The van der Waals surface area contributed by atoms with Crippen LogP contribution < -0.4 is 4.57 Å². The Hall–Kier alpha value is -1.01. The molecule has 0 spiro atoms. The second-order valence-electron chi connectivity index (χ2n) is 5.94. The van der Waals surface area contributed by atoms with Crippen molar-refractivity contribution in [3.63, 3.8) is 0 Å². The number of hydroxylamine groups is 4. The summed E-state index contributed by atoms with van der Waals surface area (Å²) in [5.41, 5.74) is -0.716. The fourth-order valence-corrected chi connectivity index (χ4v) is 2.20. The first-order valence-corrected chi connectivity index (χ1v) is 6.08. The Morgan fingerprint density at radius 3 is 2.06 bits per heavy atom. The van der Waals surface area contributed by atoms with Crippen LogP contribution in [0.25, 0.3) is 0 Å². The standard InChI is InChI=1S/C13H20N3O2/c1-12(2)13(3,4)16(18)11(15(12)17)10-6-8-14(5)9-7-10/h6-9,11H,1-5H3. The molecular formula is C13H20N3O2. The molecule has 1 fully saturated rings. The van der Waals surface area contributed by atoms with Gasteiger partial charge in [-0.3, -0.25) is 0 Å². The first-order chi connectivity index (χ1) is 8.19. The van der Waals surface area contributed by atoms with Gasteiger partial charge in [0.1, 0.15) is 13.2 Å². The van der Waals surface area contributed by atoms with Crippen molar-refractivity contribution in [2.45, 2.75) is 44.9 Å². The lowest BCUT2D eigenvalue weighted by Crippen LogP contribution is -2.51. The first-order valence-electron chi connectivity index (χ1n) is 6.08. The van der Waals surface area contributed by atoms with Gasteiger partial charge in [-0.2, -0.15) is 0 Å². The Kier molecular flexibility index (Phi) is 2.98. The number of aromatic nitrogens is 1. The molecule has 18 heavy (non-hydrogen) atoms. The maximum atomic E-state index is 12.4. The Balaban J connectivity index is 2.44. The van der Waals surface area contributed by atoms with Gasteiger partial charge in [0.25, 0.3) is 0 Å². The average Bonchev–Trinajstić information content (AvgIpc) is 2.41. The summed E-state index contributed by atoms with van der Waals surface area (Å²) >= 11 is 0. The topological polar surface area (TPSA) is 53.3 Å². The molecule has 1 aliphatic heterocycles. The Bertz CT molecular complexity index is 422. The van der Waals surface area contributed by atoms with E-state index >= 15 is 0 Å². The summed E-state index contributed by atoms with van der Waals surface area (Å²) in [5, 5.41) is 26.6. The van der Waals surface area contributed by atoms with Crippen molar-refractivity contribution in [2.24, 2.45) is 7.05 Å². The van der Waals surface area contributed by atoms with E-state index in [2.05, 4.69) is 0 Å². The zero-order chi connectivity index (χ0) is 13.7. The molecule has 1 radical (unpaired) electrons. The highest BCUT2D eigenvalue weighted by molar-refractivity contribution is 5.20. The van der Waals surface area contributed by atoms with E-state index in [-0.39, 0.29) is 0 Å². The van der Waals surface area contributed by atoms with Gasteiger partial charge in [0, 0.05) is 17.7 Å². The van der Waals surface area contributed by atoms with Gasteiger partial charge in [-0.25, -0.2) is 4.57 Å². The molecular weight excluding hydrogens is 230 g/mol. The van der Waals surface area contributed by atoms with Crippen molar-refractivity contribution in [2.75, 3.05) is 0 Å². The van der Waals surface area contributed by atoms with Gasteiger partial charge < -0.3 is 10.3 Å². The summed E-state index contributed by atoms with van der Waals surface area (Å²) in [6.07, 6.45) is 2.92. The van der Waals surface area contributed by atoms with Crippen LogP contribution in [0, 0.1) is 5.21 Å². The summed E-state index contributed by atoms with van der Waals surface area (Å²) in [4.78, 5) is 0. The van der Waals surface area contributed by atoms with Gasteiger partial charge in [-0.15, -0.1) is 10.3 Å². The fraction of sp³-hybridized carbons (Fsp3) is 0.615. The molecule has 99 valence electrons. The van der Waals surface area contributed by atoms with Crippen molar-refractivity contribution in [3.05, 3.63) is 35.3 Å². The number of pyridine rings is 1. The second-order valence-corrected chi connectivity index (χ2v) is 5.94. The average molecular weight is 250 g/mol. The lowest BCUT2D eigenvalue weighted by Gasteiger charge is -2.44. The summed E-state index contributed by atoms with van der Waals surface area (Å²) in [6, 6.07) is 3.63. The highest BCUT2D eigenvalue weighted by Gasteiger charge is 2.55. The van der Waals surface area contributed by atoms with E-state index in [1.54, 1.807) is 0 Å². The Labute approximate surface area is 108 Å². The van der Waals surface area contributed by atoms with Crippen LogP contribution in [0.3, 0.4) is 0 Å². The molecule has 1 aliphatic rings. The Morgan fingerprint density at radius 2 is 1.67 bits per heavy atom. The molecule has 2 heterocycles. The van der Waals surface area contributed by atoms with Crippen LogP contribution in [0.2, 0.25) is 0 Å². The van der Waals surface area contributed by atoms with Gasteiger partial charge in [-0.1, -0.05) is 0 Å². The summed E-state index contributed by atoms with van der Waals surface area (Å²) < 4.78 is 1.87. The predicted molar refractivity (Wildman–Crippen MR) is 66.2 cm³/mol. The van der Waals surface area contributed by atoms with Gasteiger partial charge in [0.2, 0.25) is 0 Å². The van der Waals surface area contributed by atoms with E-state index in [0.29, 0.717) is 0 Å². The zero-order valence-electron chi connectivity index (χ0n) is 11.5. The number of hydrogen-bond donors (Lipinski definition) is 0. The minimum Gasteiger partial charge on any atom is -0.783 e. The second kappa shape index (κ2) is 3.99. The molecule has 0 saturated carbocycles. The number of nitrogens with zero attached hydrogens (tertiary/aromatic N) is 3. The van der Waals surface area contributed by atoms with Crippen LogP contribution in [0.15, 0.2) is 24.5 Å². The smallest absolute Gasteiger partial charge is 0.168 e. The van der Waals surface area contributed by atoms with E-state index in [9.17, 15) is 10.4 Å². The molecule has 5 nitrogen and oxygen atoms in total. The SMILES string of the molecule is C[n+]1ccc(C2N([O])C(C)(C)C(C)(C)N2[O-])cc1. The summed E-state index contributed by atoms with van der Waals surface area (Å²) in [5.74, 6) is 0. The predicted octanol–water partition coefficient (Wildman–Crippen LogP) is 1.53. The maximum absolute atomic E-state index is 12.4. The monoisotopic (exact) mass is 250 g/mol. The molecule has 0 unspecified atom stereocenters. The van der Waals surface area contributed by atoms with E-state index in [1.165, 1.54) is 0 Å². The lowest BCUT2D eigenvalue weighted by atomic mass is 9.84. The van der Waals surface area contributed by atoms with E-state index in [1.807, 2.05) is 63.8 Å². The van der Waals surface area contributed by atoms with Crippen LogP contribution in [0.1, 0.15) is 39.4 Å². The zero-order valence-corrected chi connectivity index (χ0v) is 11.5. The van der Waals surface area contributed by atoms with E-state index in [0.717, 1.165) is 15.7 Å². The van der Waals surface area contributed by atoms with Crippen LogP contribution in [0.4, 0.5) is 0 Å². The van der Waals surface area contributed by atoms with Crippen molar-refractivity contribution in [3.8, 4) is 0 Å². The third kappa shape index (κ3) is 1.66. The van der Waals surface area contributed by atoms with E-state index in [4.69, 9.17) is 0 Å². The molecule has 0 aliphatic carbocycles. The molecule has 5 heteroatoms. The van der Waals surface area contributed by atoms with Gasteiger partial charge in [0.05, 0.1) is 5.54 Å². The van der Waals surface area contributed by atoms with Crippen LogP contribution in [-0.2, 0) is 12.3 Å².